The molecule has 4 rings (SSSR count). The molecule has 0 atom stereocenters. The summed E-state index contributed by atoms with van der Waals surface area (Å²) in [6, 6.07) is 20.4. The van der Waals surface area contributed by atoms with Crippen molar-refractivity contribution < 1.29 is 14.4 Å². The van der Waals surface area contributed by atoms with Crippen molar-refractivity contribution in [3.8, 4) is 0 Å². The number of nitrogens with zero attached hydrogens (tertiary/aromatic N) is 1. The smallest absolute Gasteiger partial charge is 0.251 e. The van der Waals surface area contributed by atoms with Crippen LogP contribution in [0.5, 0.6) is 0 Å². The topological polar surface area (TPSA) is 78.5 Å². The Labute approximate surface area is 168 Å². The Morgan fingerprint density at radius 1 is 0.931 bits per heavy atom. The van der Waals surface area contributed by atoms with E-state index in [2.05, 4.69) is 10.6 Å². The number of nitrogens with one attached hydrogen (secondary N) is 2. The molecular formula is C23H21N3O3. The van der Waals surface area contributed by atoms with Crippen molar-refractivity contribution in [3.63, 3.8) is 0 Å². The van der Waals surface area contributed by atoms with Crippen LogP contribution in [-0.2, 0) is 9.59 Å². The molecule has 6 nitrogen and oxygen atoms in total. The third-order valence-corrected chi connectivity index (χ3v) is 4.94. The predicted octanol–water partition coefficient (Wildman–Crippen LogP) is 3.34. The van der Waals surface area contributed by atoms with Crippen LogP contribution in [0.4, 0.5) is 11.4 Å². The van der Waals surface area contributed by atoms with E-state index >= 15 is 0 Å². The van der Waals surface area contributed by atoms with E-state index in [1.165, 1.54) is 0 Å². The lowest BCUT2D eigenvalue weighted by molar-refractivity contribution is -0.117. The molecule has 2 N–H and O–H groups in total. The van der Waals surface area contributed by atoms with Crippen LogP contribution in [-0.4, -0.2) is 30.8 Å². The lowest BCUT2D eigenvalue weighted by atomic mass is 10.1. The van der Waals surface area contributed by atoms with Crippen LogP contribution in [0.2, 0.25) is 0 Å². The van der Waals surface area contributed by atoms with E-state index in [0.29, 0.717) is 24.2 Å². The molecule has 3 amide bonds. The maximum Gasteiger partial charge on any atom is 0.251 e. The van der Waals surface area contributed by atoms with E-state index in [9.17, 15) is 14.4 Å². The Balaban J connectivity index is 1.36. The Morgan fingerprint density at radius 3 is 2.55 bits per heavy atom. The fraction of sp³-hybridized carbons (Fsp3) is 0.174. The molecule has 146 valence electrons. The summed E-state index contributed by atoms with van der Waals surface area (Å²) in [5.74, 6) is -0.539. The van der Waals surface area contributed by atoms with E-state index in [0.717, 1.165) is 22.9 Å². The molecule has 3 aromatic carbocycles. The number of fused-ring (bicyclic) bond motifs is 1. The molecular weight excluding hydrogens is 366 g/mol. The first-order valence-corrected chi connectivity index (χ1v) is 9.57. The fourth-order valence-electron chi connectivity index (χ4n) is 3.47. The zero-order valence-electron chi connectivity index (χ0n) is 15.9. The van der Waals surface area contributed by atoms with E-state index in [1.54, 1.807) is 35.2 Å². The molecule has 0 unspecified atom stereocenters. The molecule has 0 aliphatic carbocycles. The quantitative estimate of drug-likeness (QED) is 0.705. The largest absolute Gasteiger partial charge is 0.343 e. The van der Waals surface area contributed by atoms with Crippen molar-refractivity contribution in [2.75, 3.05) is 23.3 Å². The molecule has 6 heteroatoms. The summed E-state index contributed by atoms with van der Waals surface area (Å²) >= 11 is 0. The molecule has 0 radical (unpaired) electrons. The van der Waals surface area contributed by atoms with Crippen LogP contribution in [0.25, 0.3) is 10.8 Å². The van der Waals surface area contributed by atoms with Gasteiger partial charge < -0.3 is 15.5 Å². The van der Waals surface area contributed by atoms with Gasteiger partial charge in [0.15, 0.2) is 0 Å². The predicted molar refractivity (Wildman–Crippen MR) is 113 cm³/mol. The summed E-state index contributed by atoms with van der Waals surface area (Å²) in [5, 5.41) is 7.43. The van der Waals surface area contributed by atoms with Gasteiger partial charge in [-0.25, -0.2) is 0 Å². The molecule has 1 aliphatic rings. The average Bonchev–Trinajstić information content (AvgIpc) is 3.17. The summed E-state index contributed by atoms with van der Waals surface area (Å²) in [7, 11) is 0. The molecule has 0 spiro atoms. The standard InChI is InChI=1S/C23H21N3O3/c27-21(25-19-7-3-8-20(14-19)26-12-4-9-22(26)28)15-24-23(29)18-11-10-16-5-1-2-6-17(16)13-18/h1-3,5-8,10-11,13-14H,4,9,12,15H2,(H,24,29)(H,25,27). The second kappa shape index (κ2) is 8.14. The Bertz CT molecular complexity index is 1090. The van der Waals surface area contributed by atoms with Gasteiger partial charge in [-0.1, -0.05) is 36.4 Å². The lowest BCUT2D eigenvalue weighted by Crippen LogP contribution is -2.32. The van der Waals surface area contributed by atoms with E-state index in [1.807, 2.05) is 36.4 Å². The molecule has 1 aliphatic heterocycles. The van der Waals surface area contributed by atoms with Crippen molar-refractivity contribution >= 4 is 39.9 Å². The first-order valence-electron chi connectivity index (χ1n) is 9.57. The van der Waals surface area contributed by atoms with Crippen LogP contribution in [0.3, 0.4) is 0 Å². The normalized spacial score (nSPS) is 13.5. The van der Waals surface area contributed by atoms with E-state index in [4.69, 9.17) is 0 Å². The van der Waals surface area contributed by atoms with Gasteiger partial charge in [0.1, 0.15) is 0 Å². The van der Waals surface area contributed by atoms with Crippen LogP contribution >= 0.6 is 0 Å². The zero-order valence-corrected chi connectivity index (χ0v) is 15.9. The van der Waals surface area contributed by atoms with Crippen molar-refractivity contribution in [3.05, 3.63) is 72.3 Å². The molecule has 0 bridgehead atoms. The van der Waals surface area contributed by atoms with Gasteiger partial charge in [-0.05, 0) is 47.5 Å². The molecule has 0 aromatic heterocycles. The first kappa shape index (κ1) is 18.7. The van der Waals surface area contributed by atoms with Gasteiger partial charge in [0.2, 0.25) is 11.8 Å². The SMILES string of the molecule is O=C(CNC(=O)c1ccc2ccccc2c1)Nc1cccc(N2CCCC2=O)c1. The highest BCUT2D eigenvalue weighted by molar-refractivity contribution is 6.02. The maximum atomic E-state index is 12.4. The molecule has 0 saturated carbocycles. The maximum absolute atomic E-state index is 12.4. The second-order valence-electron chi connectivity index (χ2n) is 6.99. The van der Waals surface area contributed by atoms with Gasteiger partial charge in [0.25, 0.3) is 5.91 Å². The van der Waals surface area contributed by atoms with E-state index < -0.39 is 0 Å². The third-order valence-electron chi connectivity index (χ3n) is 4.94. The number of carbonyl (C=O) groups is 3. The third kappa shape index (κ3) is 4.27. The summed E-state index contributed by atoms with van der Waals surface area (Å²) in [5.41, 5.74) is 1.86. The number of carbonyl (C=O) groups excluding carboxylic acids is 3. The van der Waals surface area contributed by atoms with Gasteiger partial charge in [-0.2, -0.15) is 0 Å². The summed E-state index contributed by atoms with van der Waals surface area (Å²) < 4.78 is 0. The van der Waals surface area contributed by atoms with Crippen molar-refractivity contribution in [1.82, 2.24) is 5.32 Å². The van der Waals surface area contributed by atoms with Crippen LogP contribution in [0.1, 0.15) is 23.2 Å². The van der Waals surface area contributed by atoms with Crippen LogP contribution in [0, 0.1) is 0 Å². The van der Waals surface area contributed by atoms with E-state index in [-0.39, 0.29) is 24.3 Å². The fourth-order valence-corrected chi connectivity index (χ4v) is 3.47. The van der Waals surface area contributed by atoms with Crippen LogP contribution < -0.4 is 15.5 Å². The Hall–Kier alpha value is -3.67. The summed E-state index contributed by atoms with van der Waals surface area (Å²) in [4.78, 5) is 38.2. The molecule has 3 aromatic rings. The minimum Gasteiger partial charge on any atom is -0.343 e. The molecule has 29 heavy (non-hydrogen) atoms. The van der Waals surface area contributed by atoms with Crippen molar-refractivity contribution in [2.45, 2.75) is 12.8 Å². The molecule has 1 heterocycles. The Kier molecular flexibility index (Phi) is 5.24. The Morgan fingerprint density at radius 2 is 1.76 bits per heavy atom. The zero-order chi connectivity index (χ0) is 20.2. The van der Waals surface area contributed by atoms with Crippen molar-refractivity contribution in [2.24, 2.45) is 0 Å². The van der Waals surface area contributed by atoms with Gasteiger partial charge >= 0.3 is 0 Å². The number of benzene rings is 3. The highest BCUT2D eigenvalue weighted by Crippen LogP contribution is 2.24. The van der Waals surface area contributed by atoms with Crippen LogP contribution in [0.15, 0.2) is 66.7 Å². The highest BCUT2D eigenvalue weighted by atomic mass is 16.2. The van der Waals surface area contributed by atoms with Gasteiger partial charge in [0, 0.05) is 29.9 Å². The van der Waals surface area contributed by atoms with Crippen molar-refractivity contribution in [1.29, 1.82) is 0 Å². The number of amides is 3. The molecule has 1 saturated heterocycles. The minimum absolute atomic E-state index is 0.0936. The lowest BCUT2D eigenvalue weighted by Gasteiger charge is -2.16. The number of rotatable bonds is 5. The summed E-state index contributed by atoms with van der Waals surface area (Å²) in [6.45, 7) is 0.552. The number of anilines is 2. The molecule has 1 fully saturated rings. The summed E-state index contributed by atoms with van der Waals surface area (Å²) in [6.07, 6.45) is 1.40. The highest BCUT2D eigenvalue weighted by Gasteiger charge is 2.21. The van der Waals surface area contributed by atoms with Gasteiger partial charge in [-0.3, -0.25) is 14.4 Å². The average molecular weight is 387 g/mol. The number of hydrogen-bond donors (Lipinski definition) is 2. The second-order valence-corrected chi connectivity index (χ2v) is 6.99. The first-order chi connectivity index (χ1) is 14.1. The van der Waals surface area contributed by atoms with Gasteiger partial charge in [0.05, 0.1) is 6.54 Å². The number of hydrogen-bond acceptors (Lipinski definition) is 3. The van der Waals surface area contributed by atoms with Gasteiger partial charge in [-0.15, -0.1) is 0 Å². The minimum atomic E-state index is -0.330. The monoisotopic (exact) mass is 387 g/mol.